The van der Waals surface area contributed by atoms with E-state index in [1.807, 2.05) is 6.92 Å². The number of aromatic carboxylic acids is 1. The largest absolute Gasteiger partial charge is 0.478 e. The fourth-order valence-electron chi connectivity index (χ4n) is 1.38. The van der Waals surface area contributed by atoms with Crippen molar-refractivity contribution in [1.82, 2.24) is 5.32 Å². The quantitative estimate of drug-likeness (QED) is 0.745. The van der Waals surface area contributed by atoms with Gasteiger partial charge in [0.1, 0.15) is 0 Å². The molecule has 0 saturated carbocycles. The topological polar surface area (TPSA) is 78.4 Å². The minimum absolute atomic E-state index is 0.00159. The van der Waals surface area contributed by atoms with Crippen LogP contribution >= 0.6 is 15.9 Å². The predicted molar refractivity (Wildman–Crippen MR) is 76.2 cm³/mol. The maximum atomic E-state index is 11.7. The Balaban J connectivity index is 2.85. The molecule has 1 aromatic rings. The lowest BCUT2D eigenvalue weighted by atomic mass is 10.2. The number of halogens is 1. The van der Waals surface area contributed by atoms with E-state index >= 15 is 0 Å². The van der Waals surface area contributed by atoms with Crippen LogP contribution in [0.25, 0.3) is 0 Å². The SMILES string of the molecule is C#CC(CC)NC(=O)Nc1ccc(Br)cc1C(=O)O. The van der Waals surface area contributed by atoms with E-state index in [9.17, 15) is 9.59 Å². The van der Waals surface area contributed by atoms with Crippen molar-refractivity contribution in [1.29, 1.82) is 0 Å². The fourth-order valence-corrected chi connectivity index (χ4v) is 1.74. The van der Waals surface area contributed by atoms with Gasteiger partial charge in [-0.2, -0.15) is 0 Å². The molecule has 0 aliphatic carbocycles. The Morgan fingerprint density at radius 1 is 1.53 bits per heavy atom. The fraction of sp³-hybridized carbons (Fsp3) is 0.231. The van der Waals surface area contributed by atoms with E-state index in [-0.39, 0.29) is 17.3 Å². The molecule has 0 spiro atoms. The molecule has 1 atom stereocenters. The first-order chi connectivity index (χ1) is 8.97. The molecule has 1 aromatic carbocycles. The number of terminal acetylenes is 1. The van der Waals surface area contributed by atoms with E-state index in [1.54, 1.807) is 6.07 Å². The summed E-state index contributed by atoms with van der Waals surface area (Å²) in [4.78, 5) is 22.7. The number of nitrogens with one attached hydrogen (secondary N) is 2. The van der Waals surface area contributed by atoms with Gasteiger partial charge in [-0.3, -0.25) is 0 Å². The van der Waals surface area contributed by atoms with Gasteiger partial charge in [0, 0.05) is 4.47 Å². The molecule has 19 heavy (non-hydrogen) atoms. The third kappa shape index (κ3) is 4.30. The zero-order chi connectivity index (χ0) is 14.4. The number of carboxylic acids is 1. The molecule has 0 aliphatic rings. The zero-order valence-electron chi connectivity index (χ0n) is 10.2. The Bertz CT molecular complexity index is 537. The first kappa shape index (κ1) is 15.1. The van der Waals surface area contributed by atoms with E-state index in [0.717, 1.165) is 0 Å². The molecule has 1 unspecified atom stereocenters. The lowest BCUT2D eigenvalue weighted by Crippen LogP contribution is -2.36. The van der Waals surface area contributed by atoms with Crippen molar-refractivity contribution in [2.24, 2.45) is 0 Å². The normalized spacial score (nSPS) is 11.2. The second-order valence-corrected chi connectivity index (χ2v) is 4.64. The van der Waals surface area contributed by atoms with Gasteiger partial charge < -0.3 is 15.7 Å². The standard InChI is InChI=1S/C13H13BrN2O3/c1-3-9(4-2)15-13(19)16-11-6-5-8(14)7-10(11)12(17)18/h1,5-7,9H,4H2,2H3,(H,17,18)(H2,15,16,19). The molecule has 1 rings (SSSR count). The van der Waals surface area contributed by atoms with Crippen LogP contribution in [-0.4, -0.2) is 23.1 Å². The lowest BCUT2D eigenvalue weighted by Gasteiger charge is -2.13. The Morgan fingerprint density at radius 3 is 2.74 bits per heavy atom. The van der Waals surface area contributed by atoms with Crippen LogP contribution in [0.3, 0.4) is 0 Å². The monoisotopic (exact) mass is 324 g/mol. The lowest BCUT2D eigenvalue weighted by molar-refractivity contribution is 0.0698. The molecule has 0 saturated heterocycles. The van der Waals surface area contributed by atoms with Crippen LogP contribution in [0.4, 0.5) is 10.5 Å². The summed E-state index contributed by atoms with van der Waals surface area (Å²) in [6.07, 6.45) is 5.82. The van der Waals surface area contributed by atoms with Gasteiger partial charge in [0.05, 0.1) is 17.3 Å². The number of carboxylic acid groups (broad SMARTS) is 1. The zero-order valence-corrected chi connectivity index (χ0v) is 11.8. The van der Waals surface area contributed by atoms with Crippen LogP contribution in [0.15, 0.2) is 22.7 Å². The molecule has 0 aliphatic heterocycles. The summed E-state index contributed by atoms with van der Waals surface area (Å²) < 4.78 is 0.617. The van der Waals surface area contributed by atoms with Crippen molar-refractivity contribution in [2.45, 2.75) is 19.4 Å². The summed E-state index contributed by atoms with van der Waals surface area (Å²) >= 11 is 3.18. The number of carbonyl (C=O) groups excluding carboxylic acids is 1. The molecule has 100 valence electrons. The molecule has 3 N–H and O–H groups in total. The molecule has 6 heteroatoms. The van der Waals surface area contributed by atoms with Crippen LogP contribution in [0.5, 0.6) is 0 Å². The van der Waals surface area contributed by atoms with Crippen molar-refractivity contribution in [3.63, 3.8) is 0 Å². The highest BCUT2D eigenvalue weighted by Crippen LogP contribution is 2.21. The highest BCUT2D eigenvalue weighted by atomic mass is 79.9. The van der Waals surface area contributed by atoms with Crippen molar-refractivity contribution >= 4 is 33.6 Å². The van der Waals surface area contributed by atoms with Gasteiger partial charge in [-0.15, -0.1) is 6.42 Å². The smallest absolute Gasteiger partial charge is 0.337 e. The average molecular weight is 325 g/mol. The van der Waals surface area contributed by atoms with E-state index in [4.69, 9.17) is 11.5 Å². The predicted octanol–water partition coefficient (Wildman–Crippen LogP) is 2.68. The van der Waals surface area contributed by atoms with Crippen LogP contribution in [0.2, 0.25) is 0 Å². The van der Waals surface area contributed by atoms with Gasteiger partial charge in [0.15, 0.2) is 0 Å². The molecule has 0 bridgehead atoms. The average Bonchev–Trinajstić information content (AvgIpc) is 2.37. The molecular formula is C13H13BrN2O3. The molecule has 2 amide bonds. The van der Waals surface area contributed by atoms with Crippen molar-refractivity contribution in [3.05, 3.63) is 28.2 Å². The maximum Gasteiger partial charge on any atom is 0.337 e. The molecule has 5 nitrogen and oxygen atoms in total. The number of hydrogen-bond donors (Lipinski definition) is 3. The first-order valence-corrected chi connectivity index (χ1v) is 6.33. The second-order valence-electron chi connectivity index (χ2n) is 3.72. The Kier molecular flexibility index (Phi) is 5.39. The first-order valence-electron chi connectivity index (χ1n) is 5.54. The van der Waals surface area contributed by atoms with Gasteiger partial charge >= 0.3 is 12.0 Å². The Labute approximate surface area is 119 Å². The minimum Gasteiger partial charge on any atom is -0.478 e. The van der Waals surface area contributed by atoms with Gasteiger partial charge in [0.25, 0.3) is 0 Å². The van der Waals surface area contributed by atoms with Gasteiger partial charge in [-0.25, -0.2) is 9.59 Å². The van der Waals surface area contributed by atoms with Crippen molar-refractivity contribution in [3.8, 4) is 12.3 Å². The van der Waals surface area contributed by atoms with Crippen molar-refractivity contribution in [2.75, 3.05) is 5.32 Å². The molecule has 0 fully saturated rings. The van der Waals surface area contributed by atoms with E-state index in [1.165, 1.54) is 12.1 Å². The van der Waals surface area contributed by atoms with E-state index < -0.39 is 12.0 Å². The van der Waals surface area contributed by atoms with Gasteiger partial charge in [-0.05, 0) is 24.6 Å². The Morgan fingerprint density at radius 2 is 2.21 bits per heavy atom. The van der Waals surface area contributed by atoms with Crippen molar-refractivity contribution < 1.29 is 14.7 Å². The van der Waals surface area contributed by atoms with Crippen LogP contribution in [0, 0.1) is 12.3 Å². The summed E-state index contributed by atoms with van der Waals surface area (Å²) in [6.45, 7) is 1.84. The molecular weight excluding hydrogens is 312 g/mol. The summed E-state index contributed by atoms with van der Waals surface area (Å²) in [5.74, 6) is 1.29. The molecule has 0 aromatic heterocycles. The van der Waals surface area contributed by atoms with Crippen LogP contribution < -0.4 is 10.6 Å². The third-order valence-corrected chi connectivity index (χ3v) is 2.87. The molecule has 0 radical (unpaired) electrons. The van der Waals surface area contributed by atoms with Gasteiger partial charge in [0.2, 0.25) is 0 Å². The summed E-state index contributed by atoms with van der Waals surface area (Å²) in [5.41, 5.74) is 0.207. The number of amides is 2. The number of benzene rings is 1. The van der Waals surface area contributed by atoms with Crippen LogP contribution in [-0.2, 0) is 0 Å². The third-order valence-electron chi connectivity index (χ3n) is 2.37. The van der Waals surface area contributed by atoms with E-state index in [0.29, 0.717) is 10.9 Å². The highest BCUT2D eigenvalue weighted by molar-refractivity contribution is 9.10. The van der Waals surface area contributed by atoms with Crippen LogP contribution in [0.1, 0.15) is 23.7 Å². The number of carbonyl (C=O) groups is 2. The summed E-state index contributed by atoms with van der Waals surface area (Å²) in [6, 6.07) is 3.64. The Hall–Kier alpha value is -2.00. The molecule has 0 heterocycles. The highest BCUT2D eigenvalue weighted by Gasteiger charge is 2.14. The number of rotatable bonds is 4. The number of urea groups is 1. The summed E-state index contributed by atoms with van der Waals surface area (Å²) in [7, 11) is 0. The summed E-state index contributed by atoms with van der Waals surface area (Å²) in [5, 5.41) is 14.1. The van der Waals surface area contributed by atoms with Gasteiger partial charge in [-0.1, -0.05) is 28.8 Å². The minimum atomic E-state index is -1.12. The number of anilines is 1. The second kappa shape index (κ2) is 6.81. The van der Waals surface area contributed by atoms with E-state index in [2.05, 4.69) is 32.5 Å². The number of hydrogen-bond acceptors (Lipinski definition) is 2. The maximum absolute atomic E-state index is 11.7.